The van der Waals surface area contributed by atoms with Gasteiger partial charge in [-0.1, -0.05) is 41.9 Å². The number of urea groups is 1. The number of esters is 1. The number of nitrogens with one attached hydrogen (secondary N) is 1. The molecule has 0 bridgehead atoms. The summed E-state index contributed by atoms with van der Waals surface area (Å²) in [4.78, 5) is 44.9. The molecule has 202 valence electrons. The molecule has 0 aliphatic carbocycles. The van der Waals surface area contributed by atoms with Gasteiger partial charge in [0.15, 0.2) is 0 Å². The molecule has 0 radical (unpaired) electrons. The summed E-state index contributed by atoms with van der Waals surface area (Å²) in [6.07, 6.45) is 0. The van der Waals surface area contributed by atoms with Crippen molar-refractivity contribution in [1.29, 1.82) is 0 Å². The lowest BCUT2D eigenvalue weighted by Crippen LogP contribution is -2.56. The lowest BCUT2D eigenvalue weighted by atomic mass is 9.93. The standard InChI is InChI=1S/C28H32ClFN4O4/c1-4-33-23(17-32-14-15-34(18(3)16-32)26(35)19-10-6-8-12-21(19)29)24(27(36)38-5-2)25(31-28(33)37)20-11-7-9-13-22(20)30/h6-13,18,25H,4-5,14-17H2,1-3H3,(H,31,37). The second-order valence-corrected chi connectivity index (χ2v) is 9.70. The molecule has 2 heterocycles. The van der Waals surface area contributed by atoms with Crippen LogP contribution >= 0.6 is 11.6 Å². The smallest absolute Gasteiger partial charge is 0.338 e. The summed E-state index contributed by atoms with van der Waals surface area (Å²) in [5, 5.41) is 3.19. The van der Waals surface area contributed by atoms with E-state index in [0.717, 1.165) is 0 Å². The van der Waals surface area contributed by atoms with Gasteiger partial charge in [0.1, 0.15) is 5.82 Å². The normalized spacial score (nSPS) is 20.4. The fraction of sp³-hybridized carbons (Fsp3) is 0.393. The topological polar surface area (TPSA) is 82.2 Å². The second-order valence-electron chi connectivity index (χ2n) is 9.29. The third-order valence-electron chi connectivity index (χ3n) is 6.92. The van der Waals surface area contributed by atoms with Gasteiger partial charge in [-0.3, -0.25) is 14.6 Å². The van der Waals surface area contributed by atoms with E-state index in [2.05, 4.69) is 10.2 Å². The highest BCUT2D eigenvalue weighted by Gasteiger charge is 2.40. The molecule has 3 amide bonds. The molecule has 2 atom stereocenters. The molecular formula is C28H32ClFN4O4. The van der Waals surface area contributed by atoms with Crippen molar-refractivity contribution < 1.29 is 23.5 Å². The van der Waals surface area contributed by atoms with Gasteiger partial charge in [0, 0.05) is 50.0 Å². The number of hydrogen-bond donors (Lipinski definition) is 1. The Kier molecular flexibility index (Phi) is 8.69. The average Bonchev–Trinajstić information content (AvgIpc) is 2.89. The molecule has 2 aromatic rings. The van der Waals surface area contributed by atoms with Gasteiger partial charge < -0.3 is 15.0 Å². The Morgan fingerprint density at radius 1 is 1.11 bits per heavy atom. The number of ether oxygens (including phenoxy) is 1. The molecule has 1 N–H and O–H groups in total. The highest BCUT2D eigenvalue weighted by molar-refractivity contribution is 6.33. The zero-order valence-corrected chi connectivity index (χ0v) is 22.5. The minimum atomic E-state index is -0.985. The van der Waals surface area contributed by atoms with Crippen molar-refractivity contribution >= 4 is 29.5 Å². The van der Waals surface area contributed by atoms with Crippen LogP contribution in [0.5, 0.6) is 0 Å². The van der Waals surface area contributed by atoms with Crippen LogP contribution in [-0.2, 0) is 9.53 Å². The van der Waals surface area contributed by atoms with Crippen LogP contribution in [0, 0.1) is 5.82 Å². The summed E-state index contributed by atoms with van der Waals surface area (Å²) in [7, 11) is 0. The van der Waals surface area contributed by atoms with Gasteiger partial charge in [-0.05, 0) is 39.0 Å². The lowest BCUT2D eigenvalue weighted by molar-refractivity contribution is -0.139. The summed E-state index contributed by atoms with van der Waals surface area (Å²) in [6, 6.07) is 11.5. The maximum absolute atomic E-state index is 14.8. The van der Waals surface area contributed by atoms with Gasteiger partial charge in [-0.2, -0.15) is 0 Å². The third-order valence-corrected chi connectivity index (χ3v) is 7.25. The van der Waals surface area contributed by atoms with E-state index >= 15 is 0 Å². The van der Waals surface area contributed by atoms with Crippen LogP contribution < -0.4 is 5.32 Å². The van der Waals surface area contributed by atoms with Gasteiger partial charge in [-0.25, -0.2) is 14.0 Å². The fourth-order valence-corrected chi connectivity index (χ4v) is 5.30. The molecular weight excluding hydrogens is 511 g/mol. The van der Waals surface area contributed by atoms with Crippen molar-refractivity contribution in [3.8, 4) is 0 Å². The summed E-state index contributed by atoms with van der Waals surface area (Å²) in [6.45, 7) is 7.66. The molecule has 0 aromatic heterocycles. The van der Waals surface area contributed by atoms with Gasteiger partial charge >= 0.3 is 12.0 Å². The van der Waals surface area contributed by atoms with E-state index in [-0.39, 0.29) is 36.2 Å². The van der Waals surface area contributed by atoms with Crippen molar-refractivity contribution in [2.75, 3.05) is 39.3 Å². The summed E-state index contributed by atoms with van der Waals surface area (Å²) < 4.78 is 20.2. The number of carbonyl (C=O) groups excluding carboxylic acids is 3. The summed E-state index contributed by atoms with van der Waals surface area (Å²) >= 11 is 6.26. The Labute approximate surface area is 227 Å². The van der Waals surface area contributed by atoms with E-state index in [1.165, 1.54) is 11.0 Å². The van der Waals surface area contributed by atoms with Crippen LogP contribution in [0.1, 0.15) is 42.7 Å². The molecule has 0 saturated carbocycles. The molecule has 2 aliphatic heterocycles. The van der Waals surface area contributed by atoms with Crippen LogP contribution in [0.25, 0.3) is 0 Å². The molecule has 38 heavy (non-hydrogen) atoms. The number of nitrogens with zero attached hydrogens (tertiary/aromatic N) is 3. The van der Waals surface area contributed by atoms with E-state index in [1.54, 1.807) is 54.3 Å². The van der Waals surface area contributed by atoms with Crippen molar-refractivity contribution in [3.63, 3.8) is 0 Å². The fourth-order valence-electron chi connectivity index (χ4n) is 5.08. The number of hydrogen-bond acceptors (Lipinski definition) is 5. The number of rotatable bonds is 7. The number of likely N-dealkylation sites (N-methyl/N-ethyl adjacent to an activating group) is 1. The predicted molar refractivity (Wildman–Crippen MR) is 142 cm³/mol. The third kappa shape index (κ3) is 5.54. The highest BCUT2D eigenvalue weighted by Crippen LogP contribution is 2.33. The molecule has 2 unspecified atom stereocenters. The summed E-state index contributed by atoms with van der Waals surface area (Å²) in [5.41, 5.74) is 1.33. The Morgan fingerprint density at radius 3 is 2.47 bits per heavy atom. The van der Waals surface area contributed by atoms with E-state index in [1.807, 2.05) is 13.8 Å². The highest BCUT2D eigenvalue weighted by atomic mass is 35.5. The minimum absolute atomic E-state index is 0.138. The number of halogens is 2. The number of carbonyl (C=O) groups is 3. The number of piperazine rings is 1. The molecule has 2 aromatic carbocycles. The second kappa shape index (κ2) is 12.0. The maximum atomic E-state index is 14.8. The van der Waals surface area contributed by atoms with Crippen LogP contribution in [0.2, 0.25) is 5.02 Å². The Hall–Kier alpha value is -3.43. The molecule has 1 fully saturated rings. The maximum Gasteiger partial charge on any atom is 0.338 e. The van der Waals surface area contributed by atoms with Crippen molar-refractivity contribution in [3.05, 3.63) is 81.8 Å². The largest absolute Gasteiger partial charge is 0.463 e. The molecule has 8 nitrogen and oxygen atoms in total. The van der Waals surface area contributed by atoms with Gasteiger partial charge in [-0.15, -0.1) is 0 Å². The Balaban J connectivity index is 1.64. The SMILES string of the molecule is CCOC(=O)C1=C(CN2CCN(C(=O)c3ccccc3Cl)C(C)C2)N(CC)C(=O)NC1c1ccccc1F. The van der Waals surface area contributed by atoms with Crippen molar-refractivity contribution in [2.45, 2.75) is 32.9 Å². The van der Waals surface area contributed by atoms with Gasteiger partial charge in [0.25, 0.3) is 5.91 Å². The number of benzene rings is 2. The van der Waals surface area contributed by atoms with Crippen molar-refractivity contribution in [1.82, 2.24) is 20.0 Å². The van der Waals surface area contributed by atoms with Crippen molar-refractivity contribution in [2.24, 2.45) is 0 Å². The summed E-state index contributed by atoms with van der Waals surface area (Å²) in [5.74, 6) is -1.26. The van der Waals surface area contributed by atoms with E-state index in [4.69, 9.17) is 16.3 Å². The molecule has 0 spiro atoms. The molecule has 1 saturated heterocycles. The van der Waals surface area contributed by atoms with E-state index in [0.29, 0.717) is 42.5 Å². The van der Waals surface area contributed by atoms with Crippen LogP contribution in [0.15, 0.2) is 59.8 Å². The first-order valence-corrected chi connectivity index (χ1v) is 13.1. The zero-order valence-electron chi connectivity index (χ0n) is 21.7. The number of amides is 3. The zero-order chi connectivity index (χ0) is 27.4. The first kappa shape index (κ1) is 27.6. The lowest BCUT2D eigenvalue weighted by Gasteiger charge is -2.43. The Bertz CT molecular complexity index is 1250. The van der Waals surface area contributed by atoms with Crippen LogP contribution in [-0.4, -0.2) is 78.0 Å². The van der Waals surface area contributed by atoms with Crippen LogP contribution in [0.3, 0.4) is 0 Å². The quantitative estimate of drug-likeness (QED) is 0.530. The minimum Gasteiger partial charge on any atom is -0.463 e. The molecule has 2 aliphatic rings. The van der Waals surface area contributed by atoms with Gasteiger partial charge in [0.05, 0.1) is 28.8 Å². The molecule has 4 rings (SSSR count). The predicted octanol–water partition coefficient (Wildman–Crippen LogP) is 4.23. The monoisotopic (exact) mass is 542 g/mol. The van der Waals surface area contributed by atoms with E-state index < -0.39 is 23.9 Å². The van der Waals surface area contributed by atoms with Gasteiger partial charge in [0.2, 0.25) is 0 Å². The first-order valence-electron chi connectivity index (χ1n) is 12.8. The molecule has 10 heteroatoms. The van der Waals surface area contributed by atoms with Crippen LogP contribution in [0.4, 0.5) is 9.18 Å². The van der Waals surface area contributed by atoms with E-state index in [9.17, 15) is 18.8 Å². The Morgan fingerprint density at radius 2 is 1.82 bits per heavy atom. The average molecular weight is 543 g/mol. The first-order chi connectivity index (χ1) is 18.3.